The second-order valence-electron chi connectivity index (χ2n) is 6.74. The van der Waals surface area contributed by atoms with Crippen LogP contribution in [0, 0.1) is 6.92 Å². The number of carbonyl (C=O) groups excluding carboxylic acids is 3. The molecule has 0 aromatic heterocycles. The molecule has 7 heteroatoms. The van der Waals surface area contributed by atoms with Crippen molar-refractivity contribution >= 4 is 17.8 Å². The molecule has 0 saturated heterocycles. The minimum Gasteiger partial charge on any atom is -0.494 e. The third kappa shape index (κ3) is 7.24. The highest BCUT2D eigenvalue weighted by Gasteiger charge is 2.15. The van der Waals surface area contributed by atoms with Crippen molar-refractivity contribution in [3.8, 4) is 5.75 Å². The zero-order valence-corrected chi connectivity index (χ0v) is 17.6. The van der Waals surface area contributed by atoms with Crippen LogP contribution in [0.2, 0.25) is 0 Å². The fourth-order valence-corrected chi connectivity index (χ4v) is 2.78. The Hall–Kier alpha value is -3.35. The van der Waals surface area contributed by atoms with Crippen LogP contribution in [0.5, 0.6) is 5.75 Å². The molecule has 0 radical (unpaired) electrons. The third-order valence-corrected chi connectivity index (χ3v) is 4.41. The zero-order valence-electron chi connectivity index (χ0n) is 17.6. The first-order valence-corrected chi connectivity index (χ1v) is 9.95. The molecular weight excluding hydrogens is 384 g/mol. The molecule has 0 heterocycles. The molecule has 7 nitrogen and oxygen atoms in total. The molecule has 160 valence electrons. The first-order chi connectivity index (χ1) is 14.4. The van der Waals surface area contributed by atoms with Crippen molar-refractivity contribution in [1.29, 1.82) is 0 Å². The number of rotatable bonds is 10. The largest absolute Gasteiger partial charge is 0.494 e. The highest BCUT2D eigenvalue weighted by Crippen LogP contribution is 2.17. The predicted molar refractivity (Wildman–Crippen MR) is 113 cm³/mol. The number of hydrogen-bond donors (Lipinski definition) is 2. The van der Waals surface area contributed by atoms with E-state index in [-0.39, 0.29) is 12.6 Å². The Kier molecular flexibility index (Phi) is 8.87. The van der Waals surface area contributed by atoms with Gasteiger partial charge in [0.05, 0.1) is 12.6 Å². The van der Waals surface area contributed by atoms with E-state index in [1.165, 1.54) is 0 Å². The lowest BCUT2D eigenvalue weighted by molar-refractivity contribution is -0.147. The van der Waals surface area contributed by atoms with Crippen molar-refractivity contribution in [2.75, 3.05) is 19.8 Å². The Morgan fingerprint density at radius 3 is 2.23 bits per heavy atom. The Morgan fingerprint density at radius 1 is 0.967 bits per heavy atom. The monoisotopic (exact) mass is 412 g/mol. The van der Waals surface area contributed by atoms with Gasteiger partial charge in [0.15, 0.2) is 6.61 Å². The van der Waals surface area contributed by atoms with E-state index in [9.17, 15) is 14.4 Å². The van der Waals surface area contributed by atoms with Crippen molar-refractivity contribution in [3.63, 3.8) is 0 Å². The number of benzene rings is 2. The molecule has 30 heavy (non-hydrogen) atoms. The van der Waals surface area contributed by atoms with E-state index in [1.807, 2.05) is 45.0 Å². The molecule has 2 amide bonds. The molecule has 0 bridgehead atoms. The van der Waals surface area contributed by atoms with Gasteiger partial charge < -0.3 is 20.1 Å². The molecular formula is C23H28N2O5. The van der Waals surface area contributed by atoms with Crippen molar-refractivity contribution in [2.45, 2.75) is 33.2 Å². The zero-order chi connectivity index (χ0) is 21.9. The number of nitrogens with one attached hydrogen (secondary N) is 2. The maximum atomic E-state index is 12.1. The van der Waals surface area contributed by atoms with Gasteiger partial charge in [0.25, 0.3) is 11.8 Å². The van der Waals surface area contributed by atoms with Gasteiger partial charge in [-0.3, -0.25) is 14.4 Å². The van der Waals surface area contributed by atoms with E-state index in [1.54, 1.807) is 24.3 Å². The number of aryl methyl sites for hydroxylation is 1. The van der Waals surface area contributed by atoms with Gasteiger partial charge in [0.2, 0.25) is 0 Å². The molecule has 0 saturated carbocycles. The maximum absolute atomic E-state index is 12.1. The second kappa shape index (κ2) is 11.6. The molecule has 0 aliphatic heterocycles. The first-order valence-electron chi connectivity index (χ1n) is 9.95. The number of amides is 2. The molecule has 0 unspecified atom stereocenters. The van der Waals surface area contributed by atoms with E-state index in [4.69, 9.17) is 9.47 Å². The third-order valence-electron chi connectivity index (χ3n) is 4.41. The molecule has 1 atom stereocenters. The van der Waals surface area contributed by atoms with Gasteiger partial charge in [-0.15, -0.1) is 0 Å². The Balaban J connectivity index is 1.74. The minimum absolute atomic E-state index is 0.156. The summed E-state index contributed by atoms with van der Waals surface area (Å²) in [4.78, 5) is 36.0. The van der Waals surface area contributed by atoms with Gasteiger partial charge in [-0.2, -0.15) is 0 Å². The van der Waals surface area contributed by atoms with Gasteiger partial charge in [0, 0.05) is 5.56 Å². The fourth-order valence-electron chi connectivity index (χ4n) is 2.78. The highest BCUT2D eigenvalue weighted by atomic mass is 16.5. The van der Waals surface area contributed by atoms with Crippen LogP contribution in [0.3, 0.4) is 0 Å². The van der Waals surface area contributed by atoms with E-state index in [2.05, 4.69) is 10.6 Å². The van der Waals surface area contributed by atoms with Crippen LogP contribution in [0.15, 0.2) is 48.5 Å². The van der Waals surface area contributed by atoms with Gasteiger partial charge in [0.1, 0.15) is 12.3 Å². The topological polar surface area (TPSA) is 93.7 Å². The lowest BCUT2D eigenvalue weighted by Gasteiger charge is -2.17. The second-order valence-corrected chi connectivity index (χ2v) is 6.74. The number of ether oxygens (including phenoxy) is 2. The smallest absolute Gasteiger partial charge is 0.325 e. The average Bonchev–Trinajstić information content (AvgIpc) is 2.75. The molecule has 2 aromatic rings. The van der Waals surface area contributed by atoms with Crippen LogP contribution in [0.25, 0.3) is 0 Å². The summed E-state index contributed by atoms with van der Waals surface area (Å²) in [7, 11) is 0. The van der Waals surface area contributed by atoms with Crippen LogP contribution < -0.4 is 15.4 Å². The molecule has 0 aliphatic carbocycles. The quantitative estimate of drug-likeness (QED) is 0.585. The maximum Gasteiger partial charge on any atom is 0.325 e. The van der Waals surface area contributed by atoms with E-state index < -0.39 is 24.4 Å². The Morgan fingerprint density at radius 2 is 1.63 bits per heavy atom. The van der Waals surface area contributed by atoms with Gasteiger partial charge in [-0.1, -0.05) is 36.8 Å². The summed E-state index contributed by atoms with van der Waals surface area (Å²) in [6.45, 7) is 5.64. The molecule has 2 rings (SSSR count). The number of carbonyl (C=O) groups is 3. The van der Waals surface area contributed by atoms with Crippen molar-refractivity contribution < 1.29 is 23.9 Å². The molecule has 0 spiro atoms. The lowest BCUT2D eigenvalue weighted by Crippen LogP contribution is -2.35. The normalized spacial score (nSPS) is 11.3. The van der Waals surface area contributed by atoms with Crippen LogP contribution in [0.1, 0.15) is 47.8 Å². The highest BCUT2D eigenvalue weighted by molar-refractivity contribution is 5.96. The van der Waals surface area contributed by atoms with E-state index in [0.29, 0.717) is 24.3 Å². The molecule has 2 aromatic carbocycles. The predicted octanol–water partition coefficient (Wildman–Crippen LogP) is 2.93. The average molecular weight is 412 g/mol. The van der Waals surface area contributed by atoms with Crippen LogP contribution in [-0.4, -0.2) is 37.5 Å². The standard InChI is InChI=1S/C23H28N2O5/c1-4-20(17-8-6-16(3)7-9-17)25-21(26)15-30-22(27)14-24-23(28)18-10-12-19(13-11-18)29-5-2/h6-13,20H,4-5,14-15H2,1-3H3,(H,24,28)(H,25,26)/t20-/m0/s1. The van der Waals surface area contributed by atoms with E-state index in [0.717, 1.165) is 11.1 Å². The summed E-state index contributed by atoms with van der Waals surface area (Å²) >= 11 is 0. The van der Waals surface area contributed by atoms with Gasteiger partial charge >= 0.3 is 5.97 Å². The van der Waals surface area contributed by atoms with Crippen molar-refractivity contribution in [3.05, 3.63) is 65.2 Å². The first kappa shape index (κ1) is 22.9. The Labute approximate surface area is 176 Å². The summed E-state index contributed by atoms with van der Waals surface area (Å²) in [5, 5.41) is 5.32. The van der Waals surface area contributed by atoms with Crippen molar-refractivity contribution in [1.82, 2.24) is 10.6 Å². The molecule has 2 N–H and O–H groups in total. The van der Waals surface area contributed by atoms with Crippen LogP contribution >= 0.6 is 0 Å². The van der Waals surface area contributed by atoms with Crippen LogP contribution in [-0.2, 0) is 14.3 Å². The number of hydrogen-bond acceptors (Lipinski definition) is 5. The summed E-state index contributed by atoms with van der Waals surface area (Å²) in [5.74, 6) is -0.832. The van der Waals surface area contributed by atoms with Crippen molar-refractivity contribution in [2.24, 2.45) is 0 Å². The lowest BCUT2D eigenvalue weighted by atomic mass is 10.0. The van der Waals surface area contributed by atoms with Crippen LogP contribution in [0.4, 0.5) is 0 Å². The molecule has 0 aliphatic rings. The summed E-state index contributed by atoms with van der Waals surface area (Å²) in [6, 6.07) is 14.3. The Bertz CT molecular complexity index is 847. The minimum atomic E-state index is -0.687. The summed E-state index contributed by atoms with van der Waals surface area (Å²) in [6.07, 6.45) is 0.709. The van der Waals surface area contributed by atoms with Gasteiger partial charge in [-0.25, -0.2) is 0 Å². The van der Waals surface area contributed by atoms with E-state index >= 15 is 0 Å². The van der Waals surface area contributed by atoms with Gasteiger partial charge in [-0.05, 0) is 50.1 Å². The fraction of sp³-hybridized carbons (Fsp3) is 0.348. The molecule has 0 fully saturated rings. The SMILES string of the molecule is CCOc1ccc(C(=O)NCC(=O)OCC(=O)N[C@@H](CC)c2ccc(C)cc2)cc1. The summed E-state index contributed by atoms with van der Waals surface area (Å²) in [5.41, 5.74) is 2.53. The summed E-state index contributed by atoms with van der Waals surface area (Å²) < 4.78 is 10.3. The number of esters is 1.